The lowest BCUT2D eigenvalue weighted by molar-refractivity contribution is -0.119. The summed E-state index contributed by atoms with van der Waals surface area (Å²) in [5, 5.41) is 11.7. The molecule has 0 radical (unpaired) electrons. The summed E-state index contributed by atoms with van der Waals surface area (Å²) in [7, 11) is 0. The van der Waals surface area contributed by atoms with Crippen LogP contribution in [0, 0.1) is 0 Å². The maximum absolute atomic E-state index is 12.0. The number of hydrogen-bond acceptors (Lipinski definition) is 6. The van der Waals surface area contributed by atoms with Gasteiger partial charge in [0.15, 0.2) is 5.82 Å². The second-order valence-electron chi connectivity index (χ2n) is 5.61. The van der Waals surface area contributed by atoms with Crippen LogP contribution in [0.4, 0.5) is 0 Å². The van der Waals surface area contributed by atoms with Gasteiger partial charge in [0.2, 0.25) is 11.1 Å². The lowest BCUT2D eigenvalue weighted by Crippen LogP contribution is -2.37. The van der Waals surface area contributed by atoms with Gasteiger partial charge >= 0.3 is 0 Å². The number of nitrogens with one attached hydrogen (secondary N) is 1. The Morgan fingerprint density at radius 3 is 2.91 bits per heavy atom. The molecule has 1 fully saturated rings. The molecule has 2 aromatic rings. The van der Waals surface area contributed by atoms with Gasteiger partial charge in [0.25, 0.3) is 0 Å². The van der Waals surface area contributed by atoms with Gasteiger partial charge in [-0.15, -0.1) is 10.2 Å². The van der Waals surface area contributed by atoms with Crippen molar-refractivity contribution in [1.29, 1.82) is 0 Å². The fourth-order valence-electron chi connectivity index (χ4n) is 2.71. The van der Waals surface area contributed by atoms with Gasteiger partial charge in [-0.1, -0.05) is 31.0 Å². The molecule has 0 saturated heterocycles. The van der Waals surface area contributed by atoms with Crippen molar-refractivity contribution < 1.29 is 4.79 Å². The van der Waals surface area contributed by atoms with E-state index in [0.717, 1.165) is 18.4 Å². The molecule has 2 aromatic heterocycles. The Hall–Kier alpha value is -2.09. The van der Waals surface area contributed by atoms with E-state index in [-0.39, 0.29) is 5.91 Å². The van der Waals surface area contributed by atoms with Gasteiger partial charge in [-0.25, -0.2) is 4.68 Å². The molecule has 0 bridgehead atoms. The van der Waals surface area contributed by atoms with Crippen LogP contribution in [0.25, 0.3) is 11.4 Å². The first-order valence-electron chi connectivity index (χ1n) is 7.77. The average Bonchev–Trinajstić information content (AvgIpc) is 2.95. The first-order chi connectivity index (χ1) is 11.2. The highest BCUT2D eigenvalue weighted by molar-refractivity contribution is 7.99. The SMILES string of the molecule is Nn1c(SCC(=O)NC2CCCCC2)nnc1-c1cccnc1. The maximum Gasteiger partial charge on any atom is 0.230 e. The summed E-state index contributed by atoms with van der Waals surface area (Å²) >= 11 is 1.29. The number of nitrogens with two attached hydrogens (primary N) is 1. The largest absolute Gasteiger partial charge is 0.353 e. The number of rotatable bonds is 5. The number of carbonyl (C=O) groups excluding carboxylic acids is 1. The van der Waals surface area contributed by atoms with Gasteiger partial charge < -0.3 is 11.2 Å². The van der Waals surface area contributed by atoms with E-state index in [1.165, 1.54) is 35.7 Å². The van der Waals surface area contributed by atoms with Crippen LogP contribution in [0.3, 0.4) is 0 Å². The third-order valence-corrected chi connectivity index (χ3v) is 4.83. The summed E-state index contributed by atoms with van der Waals surface area (Å²) < 4.78 is 1.40. The van der Waals surface area contributed by atoms with Crippen molar-refractivity contribution in [1.82, 2.24) is 25.2 Å². The molecule has 0 atom stereocenters. The summed E-state index contributed by atoms with van der Waals surface area (Å²) in [5.41, 5.74) is 0.793. The topological polar surface area (TPSA) is 98.7 Å². The molecule has 3 N–H and O–H groups in total. The van der Waals surface area contributed by atoms with Gasteiger partial charge in [0, 0.05) is 24.0 Å². The summed E-state index contributed by atoms with van der Waals surface area (Å²) in [6, 6.07) is 4.00. The van der Waals surface area contributed by atoms with Gasteiger partial charge in [-0.3, -0.25) is 9.78 Å². The van der Waals surface area contributed by atoms with E-state index in [0.29, 0.717) is 22.8 Å². The maximum atomic E-state index is 12.0. The van der Waals surface area contributed by atoms with Crippen molar-refractivity contribution >= 4 is 17.7 Å². The summed E-state index contributed by atoms with van der Waals surface area (Å²) in [6.45, 7) is 0. The molecule has 1 amide bonds. The zero-order chi connectivity index (χ0) is 16.1. The predicted octanol–water partition coefficient (Wildman–Crippen LogP) is 1.59. The minimum atomic E-state index is 0.0211. The molecule has 7 nitrogen and oxygen atoms in total. The first kappa shape index (κ1) is 15.8. The normalized spacial score (nSPS) is 15.5. The van der Waals surface area contributed by atoms with Gasteiger partial charge in [-0.05, 0) is 25.0 Å². The van der Waals surface area contributed by atoms with E-state index in [1.807, 2.05) is 12.1 Å². The number of nitrogens with zero attached hydrogens (tertiary/aromatic N) is 4. The van der Waals surface area contributed by atoms with E-state index < -0.39 is 0 Å². The predicted molar refractivity (Wildman–Crippen MR) is 89.1 cm³/mol. The third-order valence-electron chi connectivity index (χ3n) is 3.89. The fourth-order valence-corrected chi connectivity index (χ4v) is 3.38. The highest BCUT2D eigenvalue weighted by Gasteiger charge is 2.17. The number of thioether (sulfide) groups is 1. The number of nitrogen functional groups attached to an aromatic ring is 1. The molecular formula is C15H20N6OS. The lowest BCUT2D eigenvalue weighted by Gasteiger charge is -2.22. The second kappa shape index (κ2) is 7.45. The van der Waals surface area contributed by atoms with Gasteiger partial charge in [0.1, 0.15) is 0 Å². The monoisotopic (exact) mass is 332 g/mol. The molecule has 23 heavy (non-hydrogen) atoms. The minimum absolute atomic E-state index is 0.0211. The van der Waals surface area contributed by atoms with Crippen LogP contribution in [0.15, 0.2) is 29.7 Å². The Morgan fingerprint density at radius 1 is 1.35 bits per heavy atom. The molecule has 0 aromatic carbocycles. The van der Waals surface area contributed by atoms with Gasteiger partial charge in [0.05, 0.1) is 5.75 Å². The Morgan fingerprint density at radius 2 is 2.17 bits per heavy atom. The van der Waals surface area contributed by atoms with Gasteiger partial charge in [-0.2, -0.15) is 0 Å². The van der Waals surface area contributed by atoms with Crippen molar-refractivity contribution in [3.05, 3.63) is 24.5 Å². The fraction of sp³-hybridized carbons (Fsp3) is 0.467. The van der Waals surface area contributed by atoms with Crippen LogP contribution in [-0.4, -0.2) is 37.6 Å². The van der Waals surface area contributed by atoms with Crippen LogP contribution in [0.5, 0.6) is 0 Å². The van der Waals surface area contributed by atoms with Crippen molar-refractivity contribution in [2.24, 2.45) is 0 Å². The molecule has 1 aliphatic rings. The number of amides is 1. The minimum Gasteiger partial charge on any atom is -0.353 e. The molecule has 0 spiro atoms. The Bertz CT molecular complexity index is 653. The summed E-state index contributed by atoms with van der Waals surface area (Å²) in [5.74, 6) is 6.86. The van der Waals surface area contributed by atoms with Crippen LogP contribution in [0.1, 0.15) is 32.1 Å². The van der Waals surface area contributed by atoms with Crippen molar-refractivity contribution in [2.45, 2.75) is 43.3 Å². The van der Waals surface area contributed by atoms with Crippen LogP contribution in [-0.2, 0) is 4.79 Å². The lowest BCUT2D eigenvalue weighted by atomic mass is 9.95. The molecule has 0 unspecified atom stereocenters. The number of hydrogen-bond donors (Lipinski definition) is 2. The van der Waals surface area contributed by atoms with E-state index in [2.05, 4.69) is 20.5 Å². The Balaban J connectivity index is 1.56. The van der Waals surface area contributed by atoms with Crippen molar-refractivity contribution in [3.63, 3.8) is 0 Å². The number of carbonyl (C=O) groups is 1. The van der Waals surface area contributed by atoms with Crippen molar-refractivity contribution in [2.75, 3.05) is 11.6 Å². The molecule has 8 heteroatoms. The van der Waals surface area contributed by atoms with Crippen molar-refractivity contribution in [3.8, 4) is 11.4 Å². The summed E-state index contributed by atoms with van der Waals surface area (Å²) in [4.78, 5) is 16.1. The highest BCUT2D eigenvalue weighted by Crippen LogP contribution is 2.21. The molecule has 1 aliphatic carbocycles. The van der Waals surface area contributed by atoms with Crippen LogP contribution in [0.2, 0.25) is 0 Å². The molecule has 2 heterocycles. The molecule has 122 valence electrons. The smallest absolute Gasteiger partial charge is 0.230 e. The quantitative estimate of drug-likeness (QED) is 0.637. The molecule has 0 aliphatic heterocycles. The third kappa shape index (κ3) is 4.01. The zero-order valence-corrected chi connectivity index (χ0v) is 13.6. The second-order valence-corrected chi connectivity index (χ2v) is 6.55. The highest BCUT2D eigenvalue weighted by atomic mass is 32.2. The Labute approximate surface area is 139 Å². The number of aromatic nitrogens is 4. The molecule has 1 saturated carbocycles. The van der Waals surface area contributed by atoms with E-state index in [9.17, 15) is 4.79 Å². The average molecular weight is 332 g/mol. The van der Waals surface area contributed by atoms with E-state index in [1.54, 1.807) is 12.4 Å². The first-order valence-corrected chi connectivity index (χ1v) is 8.75. The van der Waals surface area contributed by atoms with E-state index in [4.69, 9.17) is 5.84 Å². The summed E-state index contributed by atoms with van der Waals surface area (Å²) in [6.07, 6.45) is 9.19. The molecular weight excluding hydrogens is 312 g/mol. The number of pyridine rings is 1. The standard InChI is InChI=1S/C15H20N6OS/c16-21-14(11-5-4-8-17-9-11)19-20-15(21)23-10-13(22)18-12-6-2-1-3-7-12/h4-5,8-9,12H,1-3,6-7,10,16H2,(H,18,22). The Kier molecular flexibility index (Phi) is 5.12. The molecule has 3 rings (SSSR count). The van der Waals surface area contributed by atoms with Crippen LogP contribution < -0.4 is 11.2 Å². The van der Waals surface area contributed by atoms with Crippen LogP contribution >= 0.6 is 11.8 Å². The van der Waals surface area contributed by atoms with E-state index >= 15 is 0 Å². The zero-order valence-electron chi connectivity index (χ0n) is 12.8.